The first-order valence-electron chi connectivity index (χ1n) is 7.20. The van der Waals surface area contributed by atoms with E-state index in [1.54, 1.807) is 13.0 Å². The molecule has 2 aromatic rings. The van der Waals surface area contributed by atoms with E-state index in [1.165, 1.54) is 7.11 Å². The Kier molecular flexibility index (Phi) is 4.78. The van der Waals surface area contributed by atoms with Crippen LogP contribution in [-0.4, -0.2) is 23.9 Å². The van der Waals surface area contributed by atoms with E-state index in [0.717, 1.165) is 16.9 Å². The van der Waals surface area contributed by atoms with Gasteiger partial charge in [-0.2, -0.15) is 0 Å². The summed E-state index contributed by atoms with van der Waals surface area (Å²) in [5.74, 6) is 2.05. The maximum absolute atomic E-state index is 10.6. The van der Waals surface area contributed by atoms with Gasteiger partial charge in [0.2, 0.25) is 0 Å². The Morgan fingerprint density at radius 2 is 2.05 bits per heavy atom. The van der Waals surface area contributed by atoms with Gasteiger partial charge >= 0.3 is 0 Å². The average molecular weight is 305 g/mol. The molecule has 0 spiro atoms. The van der Waals surface area contributed by atoms with Gasteiger partial charge in [-0.05, 0) is 32.9 Å². The summed E-state index contributed by atoms with van der Waals surface area (Å²) in [5.41, 5.74) is 0.443. The lowest BCUT2D eigenvalue weighted by atomic mass is 9.96. The number of benzene rings is 1. The van der Waals surface area contributed by atoms with Crippen molar-refractivity contribution >= 4 is 0 Å². The Bertz CT molecular complexity index is 646. The van der Waals surface area contributed by atoms with Crippen molar-refractivity contribution in [2.75, 3.05) is 13.7 Å². The SMILES string of the molecule is COc1cccc(CNCC(C)(O)c2cc(C)oc2C)c1O. The summed E-state index contributed by atoms with van der Waals surface area (Å²) < 4.78 is 10.6. The maximum Gasteiger partial charge on any atom is 0.162 e. The molecule has 0 radical (unpaired) electrons. The zero-order valence-corrected chi connectivity index (χ0v) is 13.4. The minimum absolute atomic E-state index is 0.118. The Hall–Kier alpha value is -1.98. The van der Waals surface area contributed by atoms with Crippen molar-refractivity contribution in [1.82, 2.24) is 5.32 Å². The van der Waals surface area contributed by atoms with Crippen LogP contribution >= 0.6 is 0 Å². The predicted molar refractivity (Wildman–Crippen MR) is 84.1 cm³/mol. The molecule has 0 aliphatic rings. The summed E-state index contributed by atoms with van der Waals surface area (Å²) in [6.45, 7) is 6.19. The van der Waals surface area contributed by atoms with E-state index in [1.807, 2.05) is 32.0 Å². The van der Waals surface area contributed by atoms with Gasteiger partial charge in [0, 0.05) is 24.2 Å². The molecule has 1 heterocycles. The Labute approximate surface area is 130 Å². The van der Waals surface area contributed by atoms with Crippen molar-refractivity contribution in [3.63, 3.8) is 0 Å². The molecule has 5 nitrogen and oxygen atoms in total. The van der Waals surface area contributed by atoms with Gasteiger partial charge in [-0.15, -0.1) is 0 Å². The van der Waals surface area contributed by atoms with E-state index < -0.39 is 5.60 Å². The lowest BCUT2D eigenvalue weighted by molar-refractivity contribution is 0.0551. The van der Waals surface area contributed by atoms with Crippen molar-refractivity contribution < 1.29 is 19.4 Å². The van der Waals surface area contributed by atoms with Crippen LogP contribution in [0.2, 0.25) is 0 Å². The standard InChI is InChI=1S/C17H23NO4/c1-11-8-14(12(2)22-11)17(3,20)10-18-9-13-6-5-7-15(21-4)16(13)19/h5-8,18-20H,9-10H2,1-4H3. The normalized spacial score (nSPS) is 13.9. The van der Waals surface area contributed by atoms with Crippen molar-refractivity contribution in [1.29, 1.82) is 0 Å². The highest BCUT2D eigenvalue weighted by Gasteiger charge is 2.27. The molecule has 0 saturated heterocycles. The molecule has 0 aliphatic carbocycles. The molecule has 3 N–H and O–H groups in total. The summed E-state index contributed by atoms with van der Waals surface area (Å²) in [6, 6.07) is 7.18. The van der Waals surface area contributed by atoms with E-state index >= 15 is 0 Å². The van der Waals surface area contributed by atoms with E-state index in [-0.39, 0.29) is 5.75 Å². The zero-order valence-electron chi connectivity index (χ0n) is 13.4. The number of para-hydroxylation sites is 1. The molecule has 0 fully saturated rings. The van der Waals surface area contributed by atoms with E-state index in [4.69, 9.17) is 9.15 Å². The third-order valence-corrected chi connectivity index (χ3v) is 3.71. The van der Waals surface area contributed by atoms with Crippen LogP contribution in [0, 0.1) is 13.8 Å². The van der Waals surface area contributed by atoms with Crippen molar-refractivity contribution in [3.05, 3.63) is 46.9 Å². The summed E-state index contributed by atoms with van der Waals surface area (Å²) >= 11 is 0. The first kappa shape index (κ1) is 16.4. The largest absolute Gasteiger partial charge is 0.504 e. The number of hydrogen-bond acceptors (Lipinski definition) is 5. The third kappa shape index (κ3) is 3.43. The Morgan fingerprint density at radius 1 is 1.32 bits per heavy atom. The number of phenolic OH excluding ortho intramolecular Hbond substituents is 1. The molecule has 2 rings (SSSR count). The molecule has 0 aliphatic heterocycles. The number of methoxy groups -OCH3 is 1. The van der Waals surface area contributed by atoms with Crippen LogP contribution in [0.1, 0.15) is 29.6 Å². The van der Waals surface area contributed by atoms with Crippen LogP contribution < -0.4 is 10.1 Å². The quantitative estimate of drug-likeness (QED) is 0.765. The second-order valence-corrected chi connectivity index (χ2v) is 5.67. The van der Waals surface area contributed by atoms with Gasteiger partial charge in [-0.3, -0.25) is 0 Å². The van der Waals surface area contributed by atoms with E-state index in [0.29, 0.717) is 24.6 Å². The van der Waals surface area contributed by atoms with Gasteiger partial charge in [-0.25, -0.2) is 0 Å². The zero-order chi connectivity index (χ0) is 16.3. The molecule has 1 aromatic carbocycles. The molecule has 1 aromatic heterocycles. The van der Waals surface area contributed by atoms with Crippen LogP contribution in [0.25, 0.3) is 0 Å². The molecule has 0 bridgehead atoms. The van der Waals surface area contributed by atoms with Gasteiger partial charge in [0.25, 0.3) is 0 Å². The smallest absolute Gasteiger partial charge is 0.162 e. The van der Waals surface area contributed by atoms with Crippen LogP contribution in [-0.2, 0) is 12.1 Å². The lowest BCUT2D eigenvalue weighted by Gasteiger charge is -2.23. The highest BCUT2D eigenvalue weighted by Crippen LogP contribution is 2.30. The Morgan fingerprint density at radius 3 is 2.64 bits per heavy atom. The maximum atomic E-state index is 10.6. The first-order chi connectivity index (χ1) is 10.3. The summed E-state index contributed by atoms with van der Waals surface area (Å²) in [7, 11) is 1.51. The van der Waals surface area contributed by atoms with Crippen LogP contribution in [0.4, 0.5) is 0 Å². The Balaban J connectivity index is 2.03. The first-order valence-corrected chi connectivity index (χ1v) is 7.20. The number of ether oxygens (including phenoxy) is 1. The van der Waals surface area contributed by atoms with Crippen LogP contribution in [0.3, 0.4) is 0 Å². The fourth-order valence-electron chi connectivity index (χ4n) is 2.58. The fourth-order valence-corrected chi connectivity index (χ4v) is 2.58. The summed E-state index contributed by atoms with van der Waals surface area (Å²) in [4.78, 5) is 0. The number of aryl methyl sites for hydroxylation is 2. The lowest BCUT2D eigenvalue weighted by Crippen LogP contribution is -2.35. The number of phenols is 1. The number of aromatic hydroxyl groups is 1. The second kappa shape index (κ2) is 6.42. The van der Waals surface area contributed by atoms with E-state index in [2.05, 4.69) is 5.32 Å². The summed E-state index contributed by atoms with van der Waals surface area (Å²) in [6.07, 6.45) is 0. The average Bonchev–Trinajstić information content (AvgIpc) is 2.80. The predicted octanol–water partition coefficient (Wildman–Crippen LogP) is 2.61. The second-order valence-electron chi connectivity index (χ2n) is 5.67. The minimum atomic E-state index is -1.05. The molecule has 1 atom stereocenters. The topological polar surface area (TPSA) is 74.9 Å². The third-order valence-electron chi connectivity index (χ3n) is 3.71. The highest BCUT2D eigenvalue weighted by atomic mass is 16.5. The monoisotopic (exact) mass is 305 g/mol. The molecular formula is C17H23NO4. The summed E-state index contributed by atoms with van der Waals surface area (Å²) in [5, 5.41) is 23.8. The van der Waals surface area contributed by atoms with Crippen LogP contribution in [0.15, 0.2) is 28.7 Å². The van der Waals surface area contributed by atoms with Gasteiger partial charge in [0.1, 0.15) is 17.1 Å². The molecule has 1 unspecified atom stereocenters. The number of rotatable bonds is 6. The van der Waals surface area contributed by atoms with Gasteiger partial charge < -0.3 is 24.7 Å². The van der Waals surface area contributed by atoms with Crippen molar-refractivity contribution in [2.45, 2.75) is 32.9 Å². The molecular weight excluding hydrogens is 282 g/mol. The minimum Gasteiger partial charge on any atom is -0.504 e. The molecule has 5 heteroatoms. The number of nitrogens with one attached hydrogen (secondary N) is 1. The van der Waals surface area contributed by atoms with Gasteiger partial charge in [0.05, 0.1) is 7.11 Å². The molecule has 0 amide bonds. The van der Waals surface area contributed by atoms with Crippen molar-refractivity contribution in [3.8, 4) is 11.5 Å². The fraction of sp³-hybridized carbons (Fsp3) is 0.412. The highest BCUT2D eigenvalue weighted by molar-refractivity contribution is 5.45. The van der Waals surface area contributed by atoms with Gasteiger partial charge in [0.15, 0.2) is 11.5 Å². The number of furan rings is 1. The van der Waals surface area contributed by atoms with Gasteiger partial charge in [-0.1, -0.05) is 12.1 Å². The molecule has 0 saturated carbocycles. The van der Waals surface area contributed by atoms with E-state index in [9.17, 15) is 10.2 Å². The number of aliphatic hydroxyl groups is 1. The van der Waals surface area contributed by atoms with Crippen molar-refractivity contribution in [2.24, 2.45) is 0 Å². The van der Waals surface area contributed by atoms with Crippen LogP contribution in [0.5, 0.6) is 11.5 Å². The molecule has 22 heavy (non-hydrogen) atoms. The molecule has 120 valence electrons. The number of hydrogen-bond donors (Lipinski definition) is 3.